The van der Waals surface area contributed by atoms with Crippen molar-refractivity contribution >= 4 is 5.82 Å². The first-order valence-electron chi connectivity index (χ1n) is 7.30. The number of pyridine rings is 1. The van der Waals surface area contributed by atoms with Crippen LogP contribution >= 0.6 is 0 Å². The highest BCUT2D eigenvalue weighted by Crippen LogP contribution is 2.10. The Bertz CT molecular complexity index is 382. The van der Waals surface area contributed by atoms with Crippen LogP contribution in [0.5, 0.6) is 0 Å². The van der Waals surface area contributed by atoms with E-state index in [4.69, 9.17) is 4.74 Å². The third kappa shape index (κ3) is 6.87. The lowest BCUT2D eigenvalue weighted by atomic mass is 10.1. The number of rotatable bonds is 7. The topological polar surface area (TPSA) is 37.4 Å². The molecule has 20 heavy (non-hydrogen) atoms. The minimum atomic E-state index is 0.129. The second-order valence-electron chi connectivity index (χ2n) is 6.47. The van der Waals surface area contributed by atoms with E-state index in [1.165, 1.54) is 5.56 Å². The molecule has 1 heterocycles. The van der Waals surface area contributed by atoms with Crippen LogP contribution in [0.2, 0.25) is 0 Å². The summed E-state index contributed by atoms with van der Waals surface area (Å²) >= 11 is 0. The number of hydrogen-bond donors (Lipinski definition) is 1. The Kier molecular flexibility index (Phi) is 6.43. The van der Waals surface area contributed by atoms with Gasteiger partial charge in [-0.3, -0.25) is 0 Å². The molecule has 0 aliphatic heterocycles. The van der Waals surface area contributed by atoms with Crippen molar-refractivity contribution in [2.45, 2.75) is 52.8 Å². The highest BCUT2D eigenvalue weighted by molar-refractivity contribution is 5.38. The third-order valence-corrected chi connectivity index (χ3v) is 2.90. The summed E-state index contributed by atoms with van der Waals surface area (Å²) in [5, 5.41) is 3.46. The molecule has 0 radical (unpaired) electrons. The number of hydrogen-bond acceptors (Lipinski definition) is 4. The molecule has 1 rings (SSSR count). The minimum Gasteiger partial charge on any atom is -0.377 e. The van der Waals surface area contributed by atoms with E-state index in [0.29, 0.717) is 0 Å². The van der Waals surface area contributed by atoms with Crippen molar-refractivity contribution in [1.82, 2.24) is 10.3 Å². The molecule has 0 bridgehead atoms. The van der Waals surface area contributed by atoms with E-state index in [1.807, 2.05) is 13.2 Å². The maximum atomic E-state index is 5.55. The van der Waals surface area contributed by atoms with E-state index in [9.17, 15) is 0 Å². The van der Waals surface area contributed by atoms with Crippen LogP contribution in [-0.4, -0.2) is 36.8 Å². The van der Waals surface area contributed by atoms with Gasteiger partial charge in [-0.2, -0.15) is 0 Å². The zero-order chi connectivity index (χ0) is 15.2. The Hall–Kier alpha value is -1.13. The van der Waals surface area contributed by atoms with Crippen molar-refractivity contribution in [3.05, 3.63) is 23.9 Å². The second kappa shape index (κ2) is 7.60. The van der Waals surface area contributed by atoms with Crippen LogP contribution in [0.25, 0.3) is 0 Å². The van der Waals surface area contributed by atoms with Crippen molar-refractivity contribution in [3.63, 3.8) is 0 Å². The number of nitrogens with zero attached hydrogens (tertiary/aromatic N) is 2. The maximum Gasteiger partial charge on any atom is 0.128 e. The molecule has 0 saturated heterocycles. The van der Waals surface area contributed by atoms with Crippen molar-refractivity contribution in [1.29, 1.82) is 0 Å². The summed E-state index contributed by atoms with van der Waals surface area (Å²) in [6.07, 6.45) is 2.22. The molecule has 0 aliphatic carbocycles. The van der Waals surface area contributed by atoms with Gasteiger partial charge < -0.3 is 15.0 Å². The van der Waals surface area contributed by atoms with Crippen molar-refractivity contribution in [2.75, 3.05) is 25.1 Å². The summed E-state index contributed by atoms with van der Waals surface area (Å²) in [6, 6.07) is 4.19. The molecule has 4 nitrogen and oxygen atoms in total. The average molecular weight is 279 g/mol. The predicted molar refractivity (Wildman–Crippen MR) is 85.2 cm³/mol. The molecule has 0 atom stereocenters. The molecule has 1 aromatic heterocycles. The molecule has 1 aromatic rings. The lowest BCUT2D eigenvalue weighted by molar-refractivity contribution is 0.0845. The summed E-state index contributed by atoms with van der Waals surface area (Å²) in [7, 11) is 2.04. The Morgan fingerprint density at radius 1 is 1.30 bits per heavy atom. The van der Waals surface area contributed by atoms with Gasteiger partial charge in [0, 0.05) is 31.9 Å². The first kappa shape index (κ1) is 16.9. The van der Waals surface area contributed by atoms with Gasteiger partial charge >= 0.3 is 0 Å². The normalized spacial score (nSPS) is 11.9. The van der Waals surface area contributed by atoms with E-state index in [0.717, 1.165) is 25.5 Å². The van der Waals surface area contributed by atoms with E-state index < -0.39 is 0 Å². The number of anilines is 1. The molecular formula is C16H29N3O. The molecule has 0 amide bonds. The van der Waals surface area contributed by atoms with Gasteiger partial charge in [-0.05, 0) is 46.2 Å². The van der Waals surface area contributed by atoms with E-state index in [1.54, 1.807) is 0 Å². The fraction of sp³-hybridized carbons (Fsp3) is 0.688. The molecule has 4 heteroatoms. The summed E-state index contributed by atoms with van der Waals surface area (Å²) < 4.78 is 5.55. The van der Waals surface area contributed by atoms with Crippen LogP contribution in [-0.2, 0) is 11.3 Å². The summed E-state index contributed by atoms with van der Waals surface area (Å²) in [6.45, 7) is 13.0. The molecule has 0 fully saturated rings. The Morgan fingerprint density at radius 3 is 2.50 bits per heavy atom. The SMILES string of the molecule is CC(C)OCCN(C)c1ccc(CNC(C)(C)C)cn1. The largest absolute Gasteiger partial charge is 0.377 e. The fourth-order valence-corrected chi connectivity index (χ4v) is 1.65. The quantitative estimate of drug-likeness (QED) is 0.833. The molecule has 1 N–H and O–H groups in total. The first-order valence-corrected chi connectivity index (χ1v) is 7.30. The molecule has 0 saturated carbocycles. The lowest BCUT2D eigenvalue weighted by Gasteiger charge is -2.21. The van der Waals surface area contributed by atoms with Gasteiger partial charge in [0.25, 0.3) is 0 Å². The van der Waals surface area contributed by atoms with E-state index in [-0.39, 0.29) is 11.6 Å². The summed E-state index contributed by atoms with van der Waals surface area (Å²) in [5.41, 5.74) is 1.33. The van der Waals surface area contributed by atoms with Gasteiger partial charge in [-0.15, -0.1) is 0 Å². The molecule has 0 aliphatic rings. The Morgan fingerprint density at radius 2 is 2.00 bits per heavy atom. The van der Waals surface area contributed by atoms with Crippen LogP contribution in [0.1, 0.15) is 40.2 Å². The fourth-order valence-electron chi connectivity index (χ4n) is 1.65. The number of nitrogens with one attached hydrogen (secondary N) is 1. The lowest BCUT2D eigenvalue weighted by Crippen LogP contribution is -2.35. The van der Waals surface area contributed by atoms with E-state index >= 15 is 0 Å². The smallest absolute Gasteiger partial charge is 0.128 e. The summed E-state index contributed by atoms with van der Waals surface area (Å²) in [4.78, 5) is 6.62. The highest BCUT2D eigenvalue weighted by atomic mass is 16.5. The van der Waals surface area contributed by atoms with Crippen LogP contribution in [0, 0.1) is 0 Å². The van der Waals surface area contributed by atoms with Gasteiger partial charge in [-0.25, -0.2) is 4.98 Å². The minimum absolute atomic E-state index is 0.129. The number of aromatic nitrogens is 1. The molecule has 0 aromatic carbocycles. The van der Waals surface area contributed by atoms with Gasteiger partial charge in [0.2, 0.25) is 0 Å². The molecule has 0 unspecified atom stereocenters. The zero-order valence-corrected chi connectivity index (χ0v) is 13.7. The van der Waals surface area contributed by atoms with Crippen LogP contribution in [0.4, 0.5) is 5.82 Å². The summed E-state index contributed by atoms with van der Waals surface area (Å²) in [5.74, 6) is 0.983. The Balaban J connectivity index is 2.45. The van der Waals surface area contributed by atoms with Crippen molar-refractivity contribution in [3.8, 4) is 0 Å². The molecule has 114 valence electrons. The second-order valence-corrected chi connectivity index (χ2v) is 6.47. The molecular weight excluding hydrogens is 250 g/mol. The van der Waals surface area contributed by atoms with Gasteiger partial charge in [0.05, 0.1) is 12.7 Å². The van der Waals surface area contributed by atoms with Crippen molar-refractivity contribution in [2.24, 2.45) is 0 Å². The average Bonchev–Trinajstić information content (AvgIpc) is 2.35. The monoisotopic (exact) mass is 279 g/mol. The van der Waals surface area contributed by atoms with Crippen LogP contribution in [0.15, 0.2) is 18.3 Å². The first-order chi connectivity index (χ1) is 9.28. The maximum absolute atomic E-state index is 5.55. The number of ether oxygens (including phenoxy) is 1. The van der Waals surface area contributed by atoms with Crippen LogP contribution < -0.4 is 10.2 Å². The molecule has 0 spiro atoms. The van der Waals surface area contributed by atoms with E-state index in [2.05, 4.69) is 62.0 Å². The van der Waals surface area contributed by atoms with Crippen LogP contribution in [0.3, 0.4) is 0 Å². The Labute approximate surface area is 123 Å². The standard InChI is InChI=1S/C16H29N3O/c1-13(2)20-10-9-19(6)15-8-7-14(11-17-15)12-18-16(3,4)5/h7-8,11,13,18H,9-10,12H2,1-6H3. The van der Waals surface area contributed by atoms with Gasteiger partial charge in [0.15, 0.2) is 0 Å². The van der Waals surface area contributed by atoms with Crippen molar-refractivity contribution < 1.29 is 4.74 Å². The van der Waals surface area contributed by atoms with Gasteiger partial charge in [-0.1, -0.05) is 6.07 Å². The zero-order valence-electron chi connectivity index (χ0n) is 13.7. The highest BCUT2D eigenvalue weighted by Gasteiger charge is 2.09. The predicted octanol–water partition coefficient (Wildman–Crippen LogP) is 2.83. The number of likely N-dealkylation sites (N-methyl/N-ethyl adjacent to an activating group) is 1. The van der Waals surface area contributed by atoms with Gasteiger partial charge in [0.1, 0.15) is 5.82 Å². The third-order valence-electron chi connectivity index (χ3n) is 2.90.